The van der Waals surface area contributed by atoms with Gasteiger partial charge in [-0.05, 0) is 26.0 Å². The number of azo groups is 1. The van der Waals surface area contributed by atoms with E-state index in [2.05, 4.69) is 15.0 Å². The zero-order valence-corrected chi connectivity index (χ0v) is 9.60. The zero-order chi connectivity index (χ0) is 12.0. The van der Waals surface area contributed by atoms with E-state index < -0.39 is 5.97 Å². The first kappa shape index (κ1) is 12.1. The molecule has 16 heavy (non-hydrogen) atoms. The van der Waals surface area contributed by atoms with Crippen LogP contribution in [0.15, 0.2) is 46.3 Å². The Morgan fingerprint density at radius 1 is 1.31 bits per heavy atom. The van der Waals surface area contributed by atoms with Crippen LogP contribution in [-0.4, -0.2) is 13.1 Å². The van der Waals surface area contributed by atoms with Crippen LogP contribution in [0, 0.1) is 6.92 Å². The summed E-state index contributed by atoms with van der Waals surface area (Å²) in [5.41, 5.74) is 2.43. The van der Waals surface area contributed by atoms with E-state index in [-0.39, 0.29) is 0 Å². The molecule has 0 amide bonds. The molecule has 0 aliphatic rings. The Kier molecular flexibility index (Phi) is 4.39. The molecule has 84 valence electrons. The van der Waals surface area contributed by atoms with Gasteiger partial charge < -0.3 is 4.74 Å². The average molecular weight is 218 g/mol. The fraction of sp³-hybridized carbons (Fsp3) is 0.250. The number of allylic oxidation sites excluding steroid dienone is 1. The molecule has 0 saturated heterocycles. The second kappa shape index (κ2) is 5.80. The molecule has 0 spiro atoms. The molecular weight excluding hydrogens is 204 g/mol. The van der Waals surface area contributed by atoms with E-state index in [0.29, 0.717) is 5.70 Å². The van der Waals surface area contributed by atoms with Crippen molar-refractivity contribution in [1.82, 2.24) is 0 Å². The third-order valence-corrected chi connectivity index (χ3v) is 1.89. The lowest BCUT2D eigenvalue weighted by molar-refractivity contribution is -0.134. The highest BCUT2D eigenvalue weighted by Crippen LogP contribution is 2.14. The van der Waals surface area contributed by atoms with Gasteiger partial charge in [-0.1, -0.05) is 17.7 Å². The molecule has 4 nitrogen and oxygen atoms in total. The minimum atomic E-state index is -0.430. The predicted molar refractivity (Wildman–Crippen MR) is 61.5 cm³/mol. The summed E-state index contributed by atoms with van der Waals surface area (Å²) in [5.74, 6) is -0.430. The van der Waals surface area contributed by atoms with Crippen LogP contribution in [0.25, 0.3) is 0 Å². The number of carbonyl (C=O) groups excluding carboxylic acids is 1. The normalized spacial score (nSPS) is 11.8. The molecule has 0 radical (unpaired) electrons. The number of ether oxygens (including phenoxy) is 1. The van der Waals surface area contributed by atoms with Crippen molar-refractivity contribution in [2.75, 3.05) is 7.11 Å². The van der Waals surface area contributed by atoms with Crippen LogP contribution in [0.4, 0.5) is 5.69 Å². The molecule has 0 N–H and O–H groups in total. The van der Waals surface area contributed by atoms with Crippen molar-refractivity contribution in [2.45, 2.75) is 13.8 Å². The fourth-order valence-corrected chi connectivity index (χ4v) is 1.01. The molecule has 0 heterocycles. The van der Waals surface area contributed by atoms with Crippen molar-refractivity contribution >= 4 is 11.7 Å². The van der Waals surface area contributed by atoms with Gasteiger partial charge in [-0.3, -0.25) is 0 Å². The smallest absolute Gasteiger partial charge is 0.332 e. The van der Waals surface area contributed by atoms with Crippen LogP contribution in [0.3, 0.4) is 0 Å². The highest BCUT2D eigenvalue weighted by atomic mass is 16.5. The fourth-order valence-electron chi connectivity index (χ4n) is 1.01. The Morgan fingerprint density at radius 3 is 2.50 bits per heavy atom. The lowest BCUT2D eigenvalue weighted by Crippen LogP contribution is -1.94. The molecule has 4 heteroatoms. The third-order valence-electron chi connectivity index (χ3n) is 1.89. The number of benzene rings is 1. The Hall–Kier alpha value is -1.97. The molecule has 1 aromatic rings. The van der Waals surface area contributed by atoms with Gasteiger partial charge in [0, 0.05) is 6.08 Å². The average Bonchev–Trinajstić information content (AvgIpc) is 2.28. The molecule has 0 unspecified atom stereocenters. The van der Waals surface area contributed by atoms with Crippen molar-refractivity contribution in [3.8, 4) is 0 Å². The number of hydrogen-bond donors (Lipinski definition) is 0. The highest BCUT2D eigenvalue weighted by Gasteiger charge is 1.95. The summed E-state index contributed by atoms with van der Waals surface area (Å²) in [5, 5.41) is 7.88. The molecule has 0 bridgehead atoms. The van der Waals surface area contributed by atoms with E-state index in [1.165, 1.54) is 18.7 Å². The number of nitrogens with zero attached hydrogens (tertiary/aromatic N) is 2. The van der Waals surface area contributed by atoms with Crippen LogP contribution in [0.5, 0.6) is 0 Å². The van der Waals surface area contributed by atoms with Crippen molar-refractivity contribution in [1.29, 1.82) is 0 Å². The molecule has 0 atom stereocenters. The Balaban J connectivity index is 2.70. The largest absolute Gasteiger partial charge is 0.466 e. The molecule has 0 aliphatic heterocycles. The zero-order valence-electron chi connectivity index (χ0n) is 9.60. The maximum Gasteiger partial charge on any atom is 0.332 e. The molecular formula is C12H14N2O2. The lowest BCUT2D eigenvalue weighted by Gasteiger charge is -1.94. The van der Waals surface area contributed by atoms with E-state index in [1.807, 2.05) is 31.2 Å². The number of aryl methyl sites for hydroxylation is 1. The van der Waals surface area contributed by atoms with Gasteiger partial charge in [-0.2, -0.15) is 10.2 Å². The Bertz CT molecular complexity index is 419. The first-order valence-electron chi connectivity index (χ1n) is 4.86. The highest BCUT2D eigenvalue weighted by molar-refractivity contribution is 5.82. The molecule has 1 rings (SSSR count). The predicted octanol–water partition coefficient (Wildman–Crippen LogP) is 3.16. The number of hydrogen-bond acceptors (Lipinski definition) is 4. The number of methoxy groups -OCH3 is 1. The summed E-state index contributed by atoms with van der Waals surface area (Å²) in [6.07, 6.45) is 1.29. The van der Waals surface area contributed by atoms with Crippen molar-refractivity contribution < 1.29 is 9.53 Å². The molecule has 0 aliphatic carbocycles. The standard InChI is InChI=1S/C12H14N2O2/c1-9-4-6-11(7-5-9)14-13-10(2)8-12(15)16-3/h4-8H,1-3H3/b10-8+,14-13?. The lowest BCUT2D eigenvalue weighted by atomic mass is 10.2. The minimum absolute atomic E-state index is 0.430. The Labute approximate surface area is 94.7 Å². The summed E-state index contributed by atoms with van der Waals surface area (Å²) < 4.78 is 4.47. The number of esters is 1. The van der Waals surface area contributed by atoms with Crippen molar-refractivity contribution in [2.24, 2.45) is 10.2 Å². The summed E-state index contributed by atoms with van der Waals surface area (Å²) in [6.45, 7) is 3.69. The van der Waals surface area contributed by atoms with Crippen molar-refractivity contribution in [3.05, 3.63) is 41.6 Å². The van der Waals surface area contributed by atoms with E-state index in [1.54, 1.807) is 6.92 Å². The monoisotopic (exact) mass is 218 g/mol. The van der Waals surface area contributed by atoms with Crippen molar-refractivity contribution in [3.63, 3.8) is 0 Å². The Morgan fingerprint density at radius 2 is 1.94 bits per heavy atom. The molecule has 1 aromatic carbocycles. The van der Waals surface area contributed by atoms with E-state index in [4.69, 9.17) is 0 Å². The van der Waals surface area contributed by atoms with Gasteiger partial charge in [0.15, 0.2) is 0 Å². The van der Waals surface area contributed by atoms with Crippen LogP contribution >= 0.6 is 0 Å². The van der Waals surface area contributed by atoms with Gasteiger partial charge in [0.05, 0.1) is 18.5 Å². The van der Waals surface area contributed by atoms with Gasteiger partial charge in [0.1, 0.15) is 0 Å². The summed E-state index contributed by atoms with van der Waals surface area (Å²) in [6, 6.07) is 7.63. The quantitative estimate of drug-likeness (QED) is 0.444. The van der Waals surface area contributed by atoms with Crippen LogP contribution in [0.2, 0.25) is 0 Å². The van der Waals surface area contributed by atoms with Gasteiger partial charge in [0.25, 0.3) is 0 Å². The SMILES string of the molecule is COC(=O)/C=C(\C)N=Nc1ccc(C)cc1. The van der Waals surface area contributed by atoms with E-state index in [0.717, 1.165) is 5.69 Å². The van der Waals surface area contributed by atoms with Crippen LogP contribution in [-0.2, 0) is 9.53 Å². The second-order valence-electron chi connectivity index (χ2n) is 3.34. The van der Waals surface area contributed by atoms with Gasteiger partial charge in [-0.25, -0.2) is 4.79 Å². The van der Waals surface area contributed by atoms with Gasteiger partial charge >= 0.3 is 5.97 Å². The number of carbonyl (C=O) groups is 1. The van der Waals surface area contributed by atoms with E-state index >= 15 is 0 Å². The first-order valence-corrected chi connectivity index (χ1v) is 4.86. The summed E-state index contributed by atoms with van der Waals surface area (Å²) in [7, 11) is 1.32. The van der Waals surface area contributed by atoms with Gasteiger partial charge in [-0.15, -0.1) is 0 Å². The third kappa shape index (κ3) is 4.04. The van der Waals surface area contributed by atoms with Gasteiger partial charge in [0.2, 0.25) is 0 Å². The maximum absolute atomic E-state index is 10.9. The summed E-state index contributed by atoms with van der Waals surface area (Å²) in [4.78, 5) is 10.9. The maximum atomic E-state index is 10.9. The number of rotatable bonds is 3. The topological polar surface area (TPSA) is 51.0 Å². The minimum Gasteiger partial charge on any atom is -0.466 e. The van der Waals surface area contributed by atoms with E-state index in [9.17, 15) is 4.79 Å². The molecule has 0 saturated carbocycles. The van der Waals surface area contributed by atoms with Crippen LogP contribution < -0.4 is 0 Å². The van der Waals surface area contributed by atoms with Crippen LogP contribution in [0.1, 0.15) is 12.5 Å². The summed E-state index contributed by atoms with van der Waals surface area (Å²) >= 11 is 0. The second-order valence-corrected chi connectivity index (χ2v) is 3.34. The molecule has 0 aromatic heterocycles. The molecule has 0 fully saturated rings. The first-order chi connectivity index (χ1) is 7.61.